The number of nitrogens with zero attached hydrogens (tertiary/aromatic N) is 4. The molecule has 0 N–H and O–H groups in total. The lowest BCUT2D eigenvalue weighted by molar-refractivity contribution is 0.000256. The number of hydrogen-bond acceptors (Lipinski definition) is 3. The van der Waals surface area contributed by atoms with Gasteiger partial charge in [-0.3, -0.25) is 0 Å². The molecule has 0 aromatic carbocycles. The molecule has 0 radical (unpaired) electrons. The molecule has 0 saturated heterocycles. The maximum atomic E-state index is 9.76. The van der Waals surface area contributed by atoms with Gasteiger partial charge in [0, 0.05) is 6.20 Å². The molecule has 1 aliphatic rings. The van der Waals surface area contributed by atoms with Crippen molar-refractivity contribution in [2.45, 2.75) is 0 Å². The van der Waals surface area contributed by atoms with E-state index in [0.717, 1.165) is 0 Å². The maximum Gasteiger partial charge on any atom is 0.364 e. The predicted octanol–water partition coefficient (Wildman–Crippen LogP) is 0.349. The highest BCUT2D eigenvalue weighted by molar-refractivity contribution is 6.45. The van der Waals surface area contributed by atoms with Crippen molar-refractivity contribution in [3.8, 4) is 0 Å². The molecule has 0 aromatic heterocycles. The van der Waals surface area contributed by atoms with E-state index >= 15 is 0 Å². The molecule has 1 heterocycles. The zero-order valence-corrected chi connectivity index (χ0v) is 4.35. The van der Waals surface area contributed by atoms with Crippen LogP contribution in [-0.4, -0.2) is 16.3 Å². The minimum Gasteiger partial charge on any atom is -0.361 e. The van der Waals surface area contributed by atoms with Crippen molar-refractivity contribution in [3.05, 3.63) is 22.7 Å². The van der Waals surface area contributed by atoms with Gasteiger partial charge < -0.3 is 5.53 Å². The Balaban J connectivity index is 3.04. The first-order valence-electron chi connectivity index (χ1n) is 2.18. The quantitative estimate of drug-likeness (QED) is 0.259. The Kier molecular flexibility index (Phi) is 1.29. The first kappa shape index (κ1) is 5.53. The van der Waals surface area contributed by atoms with E-state index in [9.17, 15) is 4.91 Å². The standard InChI is InChI=1S/C4H2N4O/c5-7-3-1-2-6-4(3)8-9/h1-2H. The summed E-state index contributed by atoms with van der Waals surface area (Å²) in [7, 11) is 0. The fourth-order valence-electron chi connectivity index (χ4n) is 0.468. The van der Waals surface area contributed by atoms with Crippen LogP contribution < -0.4 is 0 Å². The molecule has 0 fully saturated rings. The summed E-state index contributed by atoms with van der Waals surface area (Å²) in [4.78, 5) is 16.0. The van der Waals surface area contributed by atoms with Crippen molar-refractivity contribution >= 4 is 11.5 Å². The summed E-state index contributed by atoms with van der Waals surface area (Å²) >= 11 is 0. The van der Waals surface area contributed by atoms with Crippen molar-refractivity contribution in [3.63, 3.8) is 0 Å². The third-order valence-electron chi connectivity index (χ3n) is 0.853. The Labute approximate surface area is 50.3 Å². The minimum absolute atomic E-state index is 0.0856. The van der Waals surface area contributed by atoms with Crippen LogP contribution in [0, 0.1) is 4.91 Å². The fraction of sp³-hybridized carbons (Fsp3) is 0. The number of rotatable bonds is 0. The molecular weight excluding hydrogens is 120 g/mol. The van der Waals surface area contributed by atoms with Crippen LogP contribution in [0.4, 0.5) is 0 Å². The van der Waals surface area contributed by atoms with Crippen LogP contribution in [0.1, 0.15) is 0 Å². The van der Waals surface area contributed by atoms with Crippen molar-refractivity contribution < 1.29 is 4.79 Å². The van der Waals surface area contributed by atoms with Crippen LogP contribution in [-0.2, 0) is 0 Å². The van der Waals surface area contributed by atoms with Crippen LogP contribution in [0.2, 0.25) is 0 Å². The predicted molar refractivity (Wildman–Crippen MR) is 31.0 cm³/mol. The van der Waals surface area contributed by atoms with Crippen LogP contribution >= 0.6 is 0 Å². The van der Waals surface area contributed by atoms with Crippen LogP contribution in [0.5, 0.6) is 0 Å². The highest BCUT2D eigenvalue weighted by Gasteiger charge is 2.17. The van der Waals surface area contributed by atoms with Gasteiger partial charge in [-0.1, -0.05) is 0 Å². The lowest BCUT2D eigenvalue weighted by Crippen LogP contribution is -2.04. The fourth-order valence-corrected chi connectivity index (χ4v) is 0.468. The number of aliphatic imine (C=N–C) groups is 1. The Morgan fingerprint density at radius 1 is 1.78 bits per heavy atom. The highest BCUT2D eigenvalue weighted by atomic mass is 16.3. The van der Waals surface area contributed by atoms with Crippen molar-refractivity contribution in [2.24, 2.45) is 10.2 Å². The molecule has 1 rings (SSSR count). The molecule has 0 bridgehead atoms. The summed E-state index contributed by atoms with van der Waals surface area (Å²) in [6.07, 6.45) is 2.72. The average molecular weight is 122 g/mol. The molecule has 0 spiro atoms. The molecule has 0 unspecified atom stereocenters. The number of amidine groups is 1. The van der Waals surface area contributed by atoms with E-state index in [1.807, 2.05) is 0 Å². The van der Waals surface area contributed by atoms with Crippen LogP contribution in [0.3, 0.4) is 0 Å². The summed E-state index contributed by atoms with van der Waals surface area (Å²) in [6, 6.07) is 0. The van der Waals surface area contributed by atoms with Gasteiger partial charge in [-0.05, 0) is 5.18 Å². The van der Waals surface area contributed by atoms with Gasteiger partial charge in [0.2, 0.25) is 0 Å². The van der Waals surface area contributed by atoms with Gasteiger partial charge in [-0.25, -0.2) is 4.99 Å². The molecular formula is C4H2N4O. The van der Waals surface area contributed by atoms with Gasteiger partial charge in [0.25, 0.3) is 5.84 Å². The zero-order chi connectivity index (χ0) is 6.69. The molecule has 44 valence electrons. The normalized spacial score (nSPS) is 15.1. The smallest absolute Gasteiger partial charge is 0.361 e. The first-order valence-corrected chi connectivity index (χ1v) is 2.18. The third kappa shape index (κ3) is 0.802. The van der Waals surface area contributed by atoms with Crippen molar-refractivity contribution in [2.75, 3.05) is 0 Å². The molecule has 5 heteroatoms. The van der Waals surface area contributed by atoms with Gasteiger partial charge in [0.05, 0.1) is 6.08 Å². The summed E-state index contributed by atoms with van der Waals surface area (Å²) in [5.74, 6) is -0.0856. The lowest BCUT2D eigenvalue weighted by atomic mass is 10.4. The van der Waals surface area contributed by atoms with E-state index in [1.54, 1.807) is 0 Å². The molecule has 0 atom stereocenters. The average Bonchev–Trinajstić information content (AvgIpc) is 2.33. The molecule has 0 amide bonds. The van der Waals surface area contributed by atoms with Crippen molar-refractivity contribution in [1.29, 1.82) is 0 Å². The van der Waals surface area contributed by atoms with Gasteiger partial charge in [0.15, 0.2) is 0 Å². The highest BCUT2D eigenvalue weighted by Crippen LogP contribution is 1.95. The molecule has 1 aliphatic heterocycles. The van der Waals surface area contributed by atoms with Gasteiger partial charge in [0.1, 0.15) is 0 Å². The lowest BCUT2D eigenvalue weighted by Gasteiger charge is -1.71. The molecule has 0 aliphatic carbocycles. The SMILES string of the molecule is [N-]=[N+]=C1C=CN=C1N=O. The van der Waals surface area contributed by atoms with E-state index < -0.39 is 0 Å². The van der Waals surface area contributed by atoms with Gasteiger partial charge >= 0.3 is 5.71 Å². The monoisotopic (exact) mass is 122 g/mol. The topological polar surface area (TPSA) is 78.2 Å². The van der Waals surface area contributed by atoms with Crippen LogP contribution in [0.25, 0.3) is 5.53 Å². The molecule has 0 aromatic rings. The molecule has 5 nitrogen and oxygen atoms in total. The first-order chi connectivity index (χ1) is 4.38. The zero-order valence-electron chi connectivity index (χ0n) is 4.35. The van der Waals surface area contributed by atoms with Crippen LogP contribution in [0.15, 0.2) is 22.4 Å². The Morgan fingerprint density at radius 3 is 3.00 bits per heavy atom. The van der Waals surface area contributed by atoms with Crippen molar-refractivity contribution in [1.82, 2.24) is 0 Å². The second-order valence-electron chi connectivity index (χ2n) is 1.34. The summed E-state index contributed by atoms with van der Waals surface area (Å²) in [5.41, 5.74) is 8.23. The maximum absolute atomic E-state index is 9.76. The second kappa shape index (κ2) is 2.11. The second-order valence-corrected chi connectivity index (χ2v) is 1.34. The van der Waals surface area contributed by atoms with E-state index in [2.05, 4.69) is 15.0 Å². The Morgan fingerprint density at radius 2 is 2.56 bits per heavy atom. The van der Waals surface area contributed by atoms with E-state index in [1.165, 1.54) is 12.3 Å². The Hall–Kier alpha value is -1.61. The summed E-state index contributed by atoms with van der Waals surface area (Å²) in [6.45, 7) is 0. The van der Waals surface area contributed by atoms with E-state index in [4.69, 9.17) is 5.53 Å². The van der Waals surface area contributed by atoms with Gasteiger partial charge in [-0.15, -0.1) is 4.91 Å². The van der Waals surface area contributed by atoms with E-state index in [-0.39, 0.29) is 11.5 Å². The number of nitroso groups, excluding NO2 is 1. The summed E-state index contributed by atoms with van der Waals surface area (Å²) < 4.78 is 0. The number of hydrogen-bond donors (Lipinski definition) is 0. The third-order valence-corrected chi connectivity index (χ3v) is 0.853. The van der Waals surface area contributed by atoms with Gasteiger partial charge in [-0.2, -0.15) is 4.79 Å². The molecule has 9 heavy (non-hydrogen) atoms. The minimum atomic E-state index is -0.0856. The van der Waals surface area contributed by atoms with E-state index in [0.29, 0.717) is 0 Å². The largest absolute Gasteiger partial charge is 0.364 e. The Bertz CT molecular complexity index is 245. The molecule has 0 saturated carbocycles. The summed E-state index contributed by atoms with van der Waals surface area (Å²) in [5, 5.41) is 2.49.